The SMILES string of the molecule is CC[Si]1O[Si](CC)O[Si]2(CC)O[Si](CC)O[Si](CC)O[Si](CC)O[Si](CC)(O[Si](CC)O1)O2. The molecule has 0 N–H and O–H groups in total. The van der Waals surface area contributed by atoms with Crippen LogP contribution in [0, 0.1) is 0 Å². The fourth-order valence-electron chi connectivity index (χ4n) is 2.99. The predicted molar refractivity (Wildman–Crippen MR) is 140 cm³/mol. The molecule has 2 fully saturated rings. The summed E-state index contributed by atoms with van der Waals surface area (Å²) in [7, 11) is -16.0. The molecule has 190 valence electrons. The molecule has 2 aliphatic heterocycles. The van der Waals surface area contributed by atoms with Gasteiger partial charge in [-0.3, -0.25) is 0 Å². The Morgan fingerprint density at radius 1 is 0.394 bits per heavy atom. The van der Waals surface area contributed by atoms with Crippen molar-refractivity contribution in [3.63, 3.8) is 0 Å². The second kappa shape index (κ2) is 14.9. The monoisotopic (exact) mass is 600 g/mol. The van der Waals surface area contributed by atoms with Gasteiger partial charge in [0.15, 0.2) is 0 Å². The molecule has 9 nitrogen and oxygen atoms in total. The Morgan fingerprint density at radius 3 is 0.818 bits per heavy atom. The summed E-state index contributed by atoms with van der Waals surface area (Å²) in [4.78, 5) is 0. The van der Waals surface area contributed by atoms with E-state index in [0.29, 0.717) is 12.1 Å². The summed E-state index contributed by atoms with van der Waals surface area (Å²) in [6.45, 7) is 16.8. The van der Waals surface area contributed by atoms with Crippen LogP contribution in [0.5, 0.6) is 0 Å². The summed E-state index contributed by atoms with van der Waals surface area (Å²) >= 11 is 0. The van der Waals surface area contributed by atoms with Crippen molar-refractivity contribution in [1.82, 2.24) is 0 Å². The maximum atomic E-state index is 6.94. The molecule has 33 heavy (non-hydrogen) atoms. The zero-order chi connectivity index (χ0) is 24.5. The minimum absolute atomic E-state index is 0.621. The van der Waals surface area contributed by atoms with Gasteiger partial charge in [-0.1, -0.05) is 55.4 Å². The number of hydrogen-bond acceptors (Lipinski definition) is 9. The van der Waals surface area contributed by atoms with Gasteiger partial charge < -0.3 is 37.0 Å². The minimum atomic E-state index is -3.21. The lowest BCUT2D eigenvalue weighted by atomic mass is 11.0. The van der Waals surface area contributed by atoms with E-state index in [9.17, 15) is 0 Å². The lowest BCUT2D eigenvalue weighted by Crippen LogP contribution is -2.66. The van der Waals surface area contributed by atoms with Gasteiger partial charge >= 0.3 is 73.3 Å². The zero-order valence-electron chi connectivity index (χ0n) is 21.3. The number of hydrogen-bond donors (Lipinski definition) is 0. The first kappa shape index (κ1) is 30.6. The van der Waals surface area contributed by atoms with Crippen LogP contribution in [0.1, 0.15) is 55.4 Å². The predicted octanol–water partition coefficient (Wildman–Crippen LogP) is 4.13. The van der Waals surface area contributed by atoms with Crippen molar-refractivity contribution in [1.29, 1.82) is 0 Å². The normalized spacial score (nSPS) is 31.6. The van der Waals surface area contributed by atoms with E-state index in [-0.39, 0.29) is 0 Å². The summed E-state index contributed by atoms with van der Waals surface area (Å²) < 4.78 is 59.7. The van der Waals surface area contributed by atoms with Crippen molar-refractivity contribution >= 4 is 73.3 Å². The third kappa shape index (κ3) is 8.72. The van der Waals surface area contributed by atoms with E-state index in [1.165, 1.54) is 0 Å². The Bertz CT molecular complexity index is 490. The van der Waals surface area contributed by atoms with Crippen LogP contribution in [0.15, 0.2) is 0 Å². The Balaban J connectivity index is 2.60. The van der Waals surface area contributed by atoms with Crippen LogP contribution >= 0.6 is 0 Å². The minimum Gasteiger partial charge on any atom is -0.414 e. The van der Waals surface area contributed by atoms with Crippen LogP contribution in [0.3, 0.4) is 0 Å². The standard InChI is InChI=1S/C16H40O9Si8/c1-9-26-17-28(11-3)21-32(15-7)23-30(13-5)19-27(10-2)20-31(14-6)24-33(16-8,25-32)22-29(12-4)18-26/h9-16H2,1-8H3. The van der Waals surface area contributed by atoms with Crippen molar-refractivity contribution in [3.8, 4) is 0 Å². The van der Waals surface area contributed by atoms with Crippen molar-refractivity contribution < 1.29 is 37.0 Å². The van der Waals surface area contributed by atoms with Crippen molar-refractivity contribution in [2.75, 3.05) is 0 Å². The summed E-state index contributed by atoms with van der Waals surface area (Å²) in [5, 5.41) is 0. The van der Waals surface area contributed by atoms with Gasteiger partial charge in [-0.25, -0.2) is 0 Å². The van der Waals surface area contributed by atoms with E-state index in [4.69, 9.17) is 37.0 Å². The molecule has 0 aromatic carbocycles. The average molecular weight is 601 g/mol. The summed E-state index contributed by atoms with van der Waals surface area (Å²) in [6.07, 6.45) is 0. The molecule has 0 unspecified atom stereocenters. The third-order valence-electron chi connectivity index (χ3n) is 4.90. The van der Waals surface area contributed by atoms with Crippen LogP contribution in [-0.4, -0.2) is 73.3 Å². The molecule has 0 atom stereocenters. The molecule has 0 aliphatic carbocycles. The molecule has 2 saturated heterocycles. The Labute approximate surface area is 213 Å². The summed E-state index contributed by atoms with van der Waals surface area (Å²) in [5.41, 5.74) is 0. The molecule has 0 aromatic rings. The Hall–Kier alpha value is 1.38. The second-order valence-corrected chi connectivity index (χ2v) is 27.5. The highest BCUT2D eigenvalue weighted by Gasteiger charge is 2.58. The van der Waals surface area contributed by atoms with E-state index in [2.05, 4.69) is 55.4 Å². The average Bonchev–Trinajstić information content (AvgIpc) is 2.84. The van der Waals surface area contributed by atoms with E-state index in [0.717, 1.165) is 36.3 Å². The molecule has 0 aromatic heterocycles. The van der Waals surface area contributed by atoms with Gasteiger partial charge in [-0.2, -0.15) is 0 Å². The highest BCUT2D eigenvalue weighted by atomic mass is 28.5. The Morgan fingerprint density at radius 2 is 0.636 bits per heavy atom. The van der Waals surface area contributed by atoms with Gasteiger partial charge in [-0.05, 0) is 36.3 Å². The van der Waals surface area contributed by atoms with E-state index in [1.807, 2.05) is 0 Å². The molecule has 2 rings (SSSR count). The van der Waals surface area contributed by atoms with Crippen LogP contribution < -0.4 is 0 Å². The fraction of sp³-hybridized carbons (Fsp3) is 1.00. The van der Waals surface area contributed by atoms with Crippen LogP contribution in [-0.2, 0) is 37.0 Å². The van der Waals surface area contributed by atoms with Crippen molar-refractivity contribution in [2.45, 2.75) is 104 Å². The molecule has 0 amide bonds. The van der Waals surface area contributed by atoms with Crippen LogP contribution in [0.2, 0.25) is 48.4 Å². The van der Waals surface area contributed by atoms with Gasteiger partial charge in [0, 0.05) is 12.1 Å². The topological polar surface area (TPSA) is 83.1 Å². The summed E-state index contributed by atoms with van der Waals surface area (Å²) in [6, 6.07) is 6.03. The molecule has 17 heteroatoms. The molecular formula is C16H40O9Si8. The van der Waals surface area contributed by atoms with Gasteiger partial charge in [0.05, 0.1) is 0 Å². The van der Waals surface area contributed by atoms with Crippen molar-refractivity contribution in [2.24, 2.45) is 0 Å². The highest BCUT2D eigenvalue weighted by Crippen LogP contribution is 2.32. The van der Waals surface area contributed by atoms with E-state index >= 15 is 0 Å². The quantitative estimate of drug-likeness (QED) is 0.382. The highest BCUT2D eigenvalue weighted by molar-refractivity contribution is 6.87. The zero-order valence-corrected chi connectivity index (χ0v) is 29.3. The lowest BCUT2D eigenvalue weighted by molar-refractivity contribution is 0.137. The van der Waals surface area contributed by atoms with Gasteiger partial charge in [0.1, 0.15) is 0 Å². The van der Waals surface area contributed by atoms with Gasteiger partial charge in [-0.15, -0.1) is 0 Å². The number of fused-ring (bicyclic) bond motifs is 2. The maximum absolute atomic E-state index is 6.94. The van der Waals surface area contributed by atoms with Crippen LogP contribution in [0.25, 0.3) is 0 Å². The molecule has 2 bridgehead atoms. The fourth-order valence-corrected chi connectivity index (χ4v) is 31.4. The van der Waals surface area contributed by atoms with Crippen molar-refractivity contribution in [3.05, 3.63) is 0 Å². The number of rotatable bonds is 8. The molecular weight excluding hydrogens is 561 g/mol. The van der Waals surface area contributed by atoms with E-state index < -0.39 is 73.3 Å². The second-order valence-electron chi connectivity index (χ2n) is 7.35. The van der Waals surface area contributed by atoms with Crippen LogP contribution in [0.4, 0.5) is 0 Å². The Kier molecular flexibility index (Phi) is 13.9. The van der Waals surface area contributed by atoms with Gasteiger partial charge in [0.2, 0.25) is 0 Å². The molecule has 2 heterocycles. The lowest BCUT2D eigenvalue weighted by Gasteiger charge is -2.44. The smallest absolute Gasteiger partial charge is 0.414 e. The van der Waals surface area contributed by atoms with Gasteiger partial charge in [0.25, 0.3) is 0 Å². The molecule has 2 aliphatic rings. The third-order valence-corrected chi connectivity index (χ3v) is 28.5. The first-order valence-corrected chi connectivity index (χ1v) is 25.2. The molecule has 6 radical (unpaired) electrons. The summed E-state index contributed by atoms with van der Waals surface area (Å²) in [5.74, 6) is 0. The first-order valence-electron chi connectivity index (χ1n) is 12.2. The largest absolute Gasteiger partial charge is 0.475 e. The first-order chi connectivity index (χ1) is 15.8. The molecule has 0 spiro atoms. The maximum Gasteiger partial charge on any atom is 0.475 e. The van der Waals surface area contributed by atoms with E-state index in [1.54, 1.807) is 0 Å². The molecule has 0 saturated carbocycles.